The summed E-state index contributed by atoms with van der Waals surface area (Å²) in [5.41, 5.74) is 7.93. The molecule has 0 unspecified atom stereocenters. The molecule has 2 rings (SSSR count). The lowest BCUT2D eigenvalue weighted by Gasteiger charge is -2.06. The van der Waals surface area contributed by atoms with Crippen LogP contribution in [0.15, 0.2) is 22.7 Å². The Hall–Kier alpha value is -1.97. The normalized spacial score (nSPS) is 10.5. The SMILES string of the molecule is Cc1ccc(-c2cc(N)no2)c(O)c1C. The highest BCUT2D eigenvalue weighted by atomic mass is 16.5. The molecular formula is C11H12N2O2. The summed E-state index contributed by atoms with van der Waals surface area (Å²) in [5.74, 6) is 1.00. The molecule has 0 aliphatic heterocycles. The molecule has 1 heterocycles. The second kappa shape index (κ2) is 3.31. The average molecular weight is 204 g/mol. The number of anilines is 1. The van der Waals surface area contributed by atoms with Gasteiger partial charge in [0.15, 0.2) is 11.6 Å². The molecule has 1 aromatic heterocycles. The Morgan fingerprint density at radius 3 is 2.67 bits per heavy atom. The molecule has 0 spiro atoms. The Labute approximate surface area is 87.3 Å². The number of aromatic hydroxyl groups is 1. The molecule has 0 fully saturated rings. The van der Waals surface area contributed by atoms with Crippen LogP contribution in [0.3, 0.4) is 0 Å². The zero-order valence-corrected chi connectivity index (χ0v) is 8.61. The number of rotatable bonds is 1. The number of nitrogen functional groups attached to an aromatic ring is 1. The van der Waals surface area contributed by atoms with Crippen molar-refractivity contribution in [3.63, 3.8) is 0 Å². The first-order chi connectivity index (χ1) is 7.09. The largest absolute Gasteiger partial charge is 0.507 e. The Morgan fingerprint density at radius 2 is 2.07 bits per heavy atom. The fraction of sp³-hybridized carbons (Fsp3) is 0.182. The molecule has 0 saturated heterocycles. The highest BCUT2D eigenvalue weighted by Gasteiger charge is 2.12. The predicted molar refractivity (Wildman–Crippen MR) is 57.5 cm³/mol. The average Bonchev–Trinajstić information content (AvgIpc) is 2.61. The molecule has 2 aromatic rings. The van der Waals surface area contributed by atoms with E-state index in [-0.39, 0.29) is 5.75 Å². The molecule has 0 atom stereocenters. The van der Waals surface area contributed by atoms with E-state index in [1.54, 1.807) is 12.1 Å². The first kappa shape index (κ1) is 9.58. The van der Waals surface area contributed by atoms with Crippen LogP contribution in [0.4, 0.5) is 5.82 Å². The first-order valence-electron chi connectivity index (χ1n) is 4.61. The zero-order chi connectivity index (χ0) is 11.0. The second-order valence-electron chi connectivity index (χ2n) is 3.52. The molecule has 0 saturated carbocycles. The van der Waals surface area contributed by atoms with Crippen molar-refractivity contribution in [1.82, 2.24) is 5.16 Å². The summed E-state index contributed by atoms with van der Waals surface area (Å²) in [6, 6.07) is 5.30. The summed E-state index contributed by atoms with van der Waals surface area (Å²) in [6.45, 7) is 3.79. The fourth-order valence-electron chi connectivity index (χ4n) is 1.42. The van der Waals surface area contributed by atoms with Crippen LogP contribution < -0.4 is 5.73 Å². The van der Waals surface area contributed by atoms with Crippen molar-refractivity contribution in [2.24, 2.45) is 0 Å². The highest BCUT2D eigenvalue weighted by molar-refractivity contribution is 5.69. The number of nitrogens with two attached hydrogens (primary N) is 1. The molecule has 0 aliphatic rings. The van der Waals surface area contributed by atoms with Gasteiger partial charge in [0, 0.05) is 6.07 Å². The van der Waals surface area contributed by atoms with E-state index in [1.807, 2.05) is 19.9 Å². The lowest BCUT2D eigenvalue weighted by molar-refractivity contribution is 0.428. The van der Waals surface area contributed by atoms with Crippen molar-refractivity contribution in [3.8, 4) is 17.1 Å². The number of benzene rings is 1. The van der Waals surface area contributed by atoms with Crippen molar-refractivity contribution in [2.75, 3.05) is 5.73 Å². The van der Waals surface area contributed by atoms with Crippen LogP contribution in [0.5, 0.6) is 5.75 Å². The molecule has 4 nitrogen and oxygen atoms in total. The van der Waals surface area contributed by atoms with E-state index >= 15 is 0 Å². The summed E-state index contributed by atoms with van der Waals surface area (Å²) >= 11 is 0. The maximum Gasteiger partial charge on any atom is 0.172 e. The van der Waals surface area contributed by atoms with Crippen molar-refractivity contribution >= 4 is 5.82 Å². The Balaban J connectivity index is 2.59. The van der Waals surface area contributed by atoms with Gasteiger partial charge < -0.3 is 15.4 Å². The van der Waals surface area contributed by atoms with Crippen LogP contribution >= 0.6 is 0 Å². The quantitative estimate of drug-likeness (QED) is 0.747. The van der Waals surface area contributed by atoms with Gasteiger partial charge in [-0.2, -0.15) is 0 Å². The van der Waals surface area contributed by atoms with Crippen LogP contribution in [0, 0.1) is 13.8 Å². The van der Waals surface area contributed by atoms with E-state index in [1.165, 1.54) is 0 Å². The van der Waals surface area contributed by atoms with Gasteiger partial charge in [0.1, 0.15) is 5.75 Å². The van der Waals surface area contributed by atoms with E-state index < -0.39 is 0 Å². The number of phenolic OH excluding ortho intramolecular Hbond substituents is 1. The fourth-order valence-corrected chi connectivity index (χ4v) is 1.42. The molecule has 0 amide bonds. The van der Waals surface area contributed by atoms with Crippen molar-refractivity contribution in [2.45, 2.75) is 13.8 Å². The molecular weight excluding hydrogens is 192 g/mol. The molecule has 0 bridgehead atoms. The van der Waals surface area contributed by atoms with Crippen LogP contribution in [0.25, 0.3) is 11.3 Å². The summed E-state index contributed by atoms with van der Waals surface area (Å²) in [7, 11) is 0. The van der Waals surface area contributed by atoms with Crippen molar-refractivity contribution in [1.29, 1.82) is 0 Å². The van der Waals surface area contributed by atoms with Gasteiger partial charge in [0.25, 0.3) is 0 Å². The third kappa shape index (κ3) is 1.54. The minimum atomic E-state index is 0.214. The van der Waals surface area contributed by atoms with Crippen LogP contribution in [-0.4, -0.2) is 10.3 Å². The standard InChI is InChI=1S/C11H12N2O2/c1-6-3-4-8(11(14)7(6)2)9-5-10(12)13-15-9/h3-5,14H,1-2H3,(H2,12,13). The zero-order valence-electron chi connectivity index (χ0n) is 8.61. The number of aromatic nitrogens is 1. The number of phenols is 1. The summed E-state index contributed by atoms with van der Waals surface area (Å²) in [6.07, 6.45) is 0. The van der Waals surface area contributed by atoms with Gasteiger partial charge in [-0.1, -0.05) is 11.2 Å². The van der Waals surface area contributed by atoms with Gasteiger partial charge in [-0.25, -0.2) is 0 Å². The summed E-state index contributed by atoms with van der Waals surface area (Å²) < 4.78 is 4.99. The van der Waals surface area contributed by atoms with Gasteiger partial charge in [-0.15, -0.1) is 0 Å². The Bertz CT molecular complexity index is 503. The molecule has 0 radical (unpaired) electrons. The first-order valence-corrected chi connectivity index (χ1v) is 4.61. The summed E-state index contributed by atoms with van der Waals surface area (Å²) in [5, 5.41) is 13.5. The van der Waals surface area contributed by atoms with Crippen molar-refractivity contribution in [3.05, 3.63) is 29.3 Å². The molecule has 78 valence electrons. The van der Waals surface area contributed by atoms with E-state index in [9.17, 15) is 5.11 Å². The monoisotopic (exact) mass is 204 g/mol. The maximum absolute atomic E-state index is 9.91. The summed E-state index contributed by atoms with van der Waals surface area (Å²) in [4.78, 5) is 0. The molecule has 15 heavy (non-hydrogen) atoms. The third-order valence-electron chi connectivity index (χ3n) is 2.50. The molecule has 0 aliphatic carbocycles. The van der Waals surface area contributed by atoms with Crippen LogP contribution in [0.2, 0.25) is 0 Å². The topological polar surface area (TPSA) is 72.3 Å². The van der Waals surface area contributed by atoms with Crippen molar-refractivity contribution < 1.29 is 9.63 Å². The Morgan fingerprint density at radius 1 is 1.33 bits per heavy atom. The third-order valence-corrected chi connectivity index (χ3v) is 2.50. The number of aryl methyl sites for hydroxylation is 1. The molecule has 4 heteroatoms. The molecule has 1 aromatic carbocycles. The van der Waals surface area contributed by atoms with Gasteiger partial charge in [0.05, 0.1) is 5.56 Å². The van der Waals surface area contributed by atoms with Gasteiger partial charge >= 0.3 is 0 Å². The second-order valence-corrected chi connectivity index (χ2v) is 3.52. The highest BCUT2D eigenvalue weighted by Crippen LogP contribution is 2.33. The smallest absolute Gasteiger partial charge is 0.172 e. The van der Waals surface area contributed by atoms with Crippen LogP contribution in [0.1, 0.15) is 11.1 Å². The van der Waals surface area contributed by atoms with E-state index in [0.717, 1.165) is 11.1 Å². The van der Waals surface area contributed by atoms with Gasteiger partial charge in [-0.3, -0.25) is 0 Å². The Kier molecular flexibility index (Phi) is 2.11. The van der Waals surface area contributed by atoms with Gasteiger partial charge in [-0.05, 0) is 31.0 Å². The number of hydrogen-bond donors (Lipinski definition) is 2. The lowest BCUT2D eigenvalue weighted by atomic mass is 10.0. The maximum atomic E-state index is 9.91. The minimum absolute atomic E-state index is 0.214. The number of hydrogen-bond acceptors (Lipinski definition) is 4. The number of nitrogens with zero attached hydrogens (tertiary/aromatic N) is 1. The minimum Gasteiger partial charge on any atom is -0.507 e. The van der Waals surface area contributed by atoms with E-state index in [4.69, 9.17) is 10.3 Å². The van der Waals surface area contributed by atoms with Gasteiger partial charge in [0.2, 0.25) is 0 Å². The predicted octanol–water partition coefficient (Wildman–Crippen LogP) is 2.25. The van der Waals surface area contributed by atoms with E-state index in [0.29, 0.717) is 17.1 Å². The molecule has 3 N–H and O–H groups in total. The van der Waals surface area contributed by atoms with E-state index in [2.05, 4.69) is 5.16 Å². The van der Waals surface area contributed by atoms with Crippen LogP contribution in [-0.2, 0) is 0 Å². The lowest BCUT2D eigenvalue weighted by Crippen LogP contribution is -1.85.